The molecule has 0 aliphatic rings. The fraction of sp³-hybridized carbons (Fsp3) is 0.0500. The molecule has 5 heteroatoms. The number of rotatable bonds is 5. The van der Waals surface area contributed by atoms with Crippen LogP contribution in [0.3, 0.4) is 0 Å². The molecule has 0 fully saturated rings. The van der Waals surface area contributed by atoms with Gasteiger partial charge in [-0.3, -0.25) is 0 Å². The first-order valence-corrected chi connectivity index (χ1v) is 10.3. The molecule has 0 saturated heterocycles. The number of hydrogen-bond donors (Lipinski definition) is 0. The molecule has 0 heterocycles. The Morgan fingerprint density at radius 3 is 2.00 bits per heavy atom. The molecule has 0 aliphatic carbocycles. The molecule has 0 saturated carbocycles. The molecule has 0 N–H and O–H groups in total. The fourth-order valence-corrected chi connectivity index (χ4v) is 5.37. The predicted octanol–water partition coefficient (Wildman–Crippen LogP) is 6.38. The SMILES string of the molecule is COC(=O)c1cc(I)c(Sc2ccccc2)c(Sc2ccccc2)c1. The summed E-state index contributed by atoms with van der Waals surface area (Å²) in [6, 6.07) is 24.2. The van der Waals surface area contributed by atoms with Gasteiger partial charge in [0.2, 0.25) is 0 Å². The van der Waals surface area contributed by atoms with E-state index in [2.05, 4.69) is 46.9 Å². The molecule has 0 amide bonds. The van der Waals surface area contributed by atoms with Crippen molar-refractivity contribution in [1.29, 1.82) is 0 Å². The van der Waals surface area contributed by atoms with Crippen LogP contribution in [-0.4, -0.2) is 13.1 Å². The molecule has 0 aromatic heterocycles. The summed E-state index contributed by atoms with van der Waals surface area (Å²) >= 11 is 5.65. The highest BCUT2D eigenvalue weighted by molar-refractivity contribution is 14.1. The van der Waals surface area contributed by atoms with Crippen molar-refractivity contribution in [3.63, 3.8) is 0 Å². The number of ether oxygens (including phenoxy) is 1. The average Bonchev–Trinajstić information content (AvgIpc) is 2.65. The summed E-state index contributed by atoms with van der Waals surface area (Å²) in [5.74, 6) is -0.316. The highest BCUT2D eigenvalue weighted by atomic mass is 127. The van der Waals surface area contributed by atoms with Gasteiger partial charge < -0.3 is 4.74 Å². The summed E-state index contributed by atoms with van der Waals surface area (Å²) in [5.41, 5.74) is 0.572. The molecule has 0 spiro atoms. The van der Waals surface area contributed by atoms with Gasteiger partial charge in [0, 0.05) is 23.2 Å². The molecule has 3 rings (SSSR count). The van der Waals surface area contributed by atoms with Gasteiger partial charge in [-0.1, -0.05) is 59.9 Å². The number of halogens is 1. The van der Waals surface area contributed by atoms with E-state index in [0.717, 1.165) is 18.3 Å². The number of methoxy groups -OCH3 is 1. The minimum Gasteiger partial charge on any atom is -0.465 e. The van der Waals surface area contributed by atoms with Gasteiger partial charge in [-0.25, -0.2) is 4.79 Å². The molecular formula is C20H15IO2S2. The first-order valence-electron chi connectivity index (χ1n) is 7.55. The van der Waals surface area contributed by atoms with Crippen LogP contribution < -0.4 is 0 Å². The maximum absolute atomic E-state index is 12.0. The lowest BCUT2D eigenvalue weighted by Crippen LogP contribution is -2.02. The van der Waals surface area contributed by atoms with E-state index < -0.39 is 0 Å². The van der Waals surface area contributed by atoms with Crippen LogP contribution in [0.15, 0.2) is 92.4 Å². The summed E-state index contributed by atoms with van der Waals surface area (Å²) in [7, 11) is 1.41. The Labute approximate surface area is 169 Å². The van der Waals surface area contributed by atoms with Gasteiger partial charge in [-0.05, 0) is 59.0 Å². The number of carbonyl (C=O) groups is 1. The van der Waals surface area contributed by atoms with Crippen LogP contribution in [0, 0.1) is 3.57 Å². The van der Waals surface area contributed by atoms with Gasteiger partial charge in [0.1, 0.15) is 0 Å². The summed E-state index contributed by atoms with van der Waals surface area (Å²) in [6.07, 6.45) is 0. The predicted molar refractivity (Wildman–Crippen MR) is 112 cm³/mol. The molecule has 3 aromatic rings. The van der Waals surface area contributed by atoms with Crippen molar-refractivity contribution < 1.29 is 9.53 Å². The number of hydrogen-bond acceptors (Lipinski definition) is 4. The third-order valence-corrected chi connectivity index (χ3v) is 6.91. The Morgan fingerprint density at radius 1 is 0.880 bits per heavy atom. The minimum atomic E-state index is -0.316. The molecule has 2 nitrogen and oxygen atoms in total. The van der Waals surface area contributed by atoms with Crippen molar-refractivity contribution in [3.05, 3.63) is 81.9 Å². The van der Waals surface area contributed by atoms with Crippen molar-refractivity contribution in [2.45, 2.75) is 19.6 Å². The second kappa shape index (κ2) is 8.78. The molecule has 0 aliphatic heterocycles. The maximum Gasteiger partial charge on any atom is 0.337 e. The van der Waals surface area contributed by atoms with E-state index in [9.17, 15) is 4.79 Å². The van der Waals surface area contributed by atoms with Gasteiger partial charge in [-0.2, -0.15) is 0 Å². The standard InChI is InChI=1S/C20H15IO2S2/c1-23-20(22)14-12-17(21)19(25-16-10-6-3-7-11-16)18(13-14)24-15-8-4-2-5-9-15/h2-13H,1H3. The molecular weight excluding hydrogens is 463 g/mol. The van der Waals surface area contributed by atoms with E-state index >= 15 is 0 Å². The fourth-order valence-electron chi connectivity index (χ4n) is 2.20. The first-order chi connectivity index (χ1) is 12.2. The minimum absolute atomic E-state index is 0.316. The highest BCUT2D eigenvalue weighted by Gasteiger charge is 2.16. The summed E-state index contributed by atoms with van der Waals surface area (Å²) in [5, 5.41) is 0. The van der Waals surface area contributed by atoms with Crippen LogP contribution in [0.25, 0.3) is 0 Å². The molecule has 0 radical (unpaired) electrons. The van der Waals surface area contributed by atoms with E-state index in [1.165, 1.54) is 12.0 Å². The Balaban J connectivity index is 2.03. The Morgan fingerprint density at radius 2 is 1.44 bits per heavy atom. The quantitative estimate of drug-likeness (QED) is 0.314. The van der Waals surface area contributed by atoms with Crippen molar-refractivity contribution in [3.8, 4) is 0 Å². The van der Waals surface area contributed by atoms with Crippen molar-refractivity contribution in [1.82, 2.24) is 0 Å². The topological polar surface area (TPSA) is 26.3 Å². The number of benzene rings is 3. The molecule has 0 unspecified atom stereocenters. The third kappa shape index (κ3) is 4.80. The van der Waals surface area contributed by atoms with Crippen LogP contribution in [0.5, 0.6) is 0 Å². The molecule has 0 bridgehead atoms. The highest BCUT2D eigenvalue weighted by Crippen LogP contribution is 2.42. The number of carbonyl (C=O) groups excluding carboxylic acids is 1. The van der Waals surface area contributed by atoms with E-state index in [1.807, 2.05) is 48.5 Å². The Kier molecular flexibility index (Phi) is 6.45. The first kappa shape index (κ1) is 18.4. The monoisotopic (exact) mass is 478 g/mol. The van der Waals surface area contributed by atoms with E-state index in [1.54, 1.807) is 23.5 Å². The van der Waals surface area contributed by atoms with Crippen molar-refractivity contribution in [2.24, 2.45) is 0 Å². The van der Waals surface area contributed by atoms with E-state index in [4.69, 9.17) is 4.74 Å². The summed E-state index contributed by atoms with van der Waals surface area (Å²) < 4.78 is 5.93. The van der Waals surface area contributed by atoms with Crippen LogP contribution in [0.4, 0.5) is 0 Å². The third-order valence-electron chi connectivity index (χ3n) is 3.36. The smallest absolute Gasteiger partial charge is 0.337 e. The average molecular weight is 478 g/mol. The normalized spacial score (nSPS) is 10.5. The Hall–Kier alpha value is -1.44. The largest absolute Gasteiger partial charge is 0.465 e. The van der Waals surface area contributed by atoms with Gasteiger partial charge in [0.15, 0.2) is 0 Å². The van der Waals surface area contributed by atoms with Gasteiger partial charge in [0.25, 0.3) is 0 Å². The van der Waals surface area contributed by atoms with Crippen LogP contribution in [0.1, 0.15) is 10.4 Å². The van der Waals surface area contributed by atoms with Gasteiger partial charge >= 0.3 is 5.97 Å². The Bertz CT molecular complexity index is 868. The van der Waals surface area contributed by atoms with Gasteiger partial charge in [-0.15, -0.1) is 0 Å². The van der Waals surface area contributed by atoms with E-state index in [0.29, 0.717) is 5.56 Å². The second-order valence-electron chi connectivity index (χ2n) is 5.11. The lowest BCUT2D eigenvalue weighted by molar-refractivity contribution is 0.0600. The zero-order chi connectivity index (χ0) is 17.6. The summed E-state index contributed by atoms with van der Waals surface area (Å²) in [4.78, 5) is 16.5. The number of esters is 1. The maximum atomic E-state index is 12.0. The molecule has 126 valence electrons. The van der Waals surface area contributed by atoms with Crippen molar-refractivity contribution >= 4 is 52.1 Å². The molecule has 25 heavy (non-hydrogen) atoms. The van der Waals surface area contributed by atoms with Crippen molar-refractivity contribution in [2.75, 3.05) is 7.11 Å². The zero-order valence-corrected chi connectivity index (χ0v) is 17.2. The lowest BCUT2D eigenvalue weighted by atomic mass is 10.2. The van der Waals surface area contributed by atoms with Crippen LogP contribution in [-0.2, 0) is 4.74 Å². The van der Waals surface area contributed by atoms with E-state index in [-0.39, 0.29) is 5.97 Å². The lowest BCUT2D eigenvalue weighted by Gasteiger charge is -2.13. The van der Waals surface area contributed by atoms with Crippen LogP contribution >= 0.6 is 46.1 Å². The van der Waals surface area contributed by atoms with Crippen LogP contribution in [0.2, 0.25) is 0 Å². The zero-order valence-electron chi connectivity index (χ0n) is 13.4. The molecule has 3 aromatic carbocycles. The summed E-state index contributed by atoms with van der Waals surface area (Å²) in [6.45, 7) is 0. The molecule has 0 atom stereocenters. The van der Waals surface area contributed by atoms with Gasteiger partial charge in [0.05, 0.1) is 12.7 Å². The second-order valence-corrected chi connectivity index (χ2v) is 8.47.